The average molecular weight is 221 g/mol. The summed E-state index contributed by atoms with van der Waals surface area (Å²) in [7, 11) is 1.96. The Balaban J connectivity index is 2.02. The van der Waals surface area contributed by atoms with Gasteiger partial charge in [-0.15, -0.1) is 0 Å². The van der Waals surface area contributed by atoms with Crippen molar-refractivity contribution >= 4 is 5.82 Å². The minimum Gasteiger partial charge on any atom is -0.395 e. The van der Waals surface area contributed by atoms with Crippen LogP contribution in [0, 0.1) is 0 Å². The fourth-order valence-corrected chi connectivity index (χ4v) is 1.71. The molecule has 0 bridgehead atoms. The summed E-state index contributed by atoms with van der Waals surface area (Å²) < 4.78 is 0. The van der Waals surface area contributed by atoms with Crippen LogP contribution in [0.5, 0.6) is 0 Å². The Morgan fingerprint density at radius 2 is 2.38 bits per heavy atom. The maximum atomic E-state index is 8.93. The van der Waals surface area contributed by atoms with Crippen molar-refractivity contribution in [1.82, 2.24) is 10.3 Å². The van der Waals surface area contributed by atoms with Gasteiger partial charge >= 0.3 is 0 Å². The molecule has 0 saturated heterocycles. The fourth-order valence-electron chi connectivity index (χ4n) is 1.71. The lowest BCUT2D eigenvalue weighted by molar-refractivity contribution is 0.303. The molecule has 16 heavy (non-hydrogen) atoms. The van der Waals surface area contributed by atoms with Gasteiger partial charge in [-0.1, -0.05) is 6.07 Å². The SMILES string of the molecule is CN(CCO)c1ncccc1CNC1CC1. The molecule has 0 radical (unpaired) electrons. The lowest BCUT2D eigenvalue weighted by Crippen LogP contribution is -2.25. The van der Waals surface area contributed by atoms with Crippen molar-refractivity contribution in [2.24, 2.45) is 0 Å². The van der Waals surface area contributed by atoms with Crippen LogP contribution < -0.4 is 10.2 Å². The van der Waals surface area contributed by atoms with Gasteiger partial charge in [0.2, 0.25) is 0 Å². The van der Waals surface area contributed by atoms with E-state index in [-0.39, 0.29) is 6.61 Å². The summed E-state index contributed by atoms with van der Waals surface area (Å²) in [6.07, 6.45) is 4.38. The van der Waals surface area contributed by atoms with Crippen LogP contribution >= 0.6 is 0 Å². The minimum absolute atomic E-state index is 0.155. The molecule has 1 heterocycles. The smallest absolute Gasteiger partial charge is 0.132 e. The summed E-state index contributed by atoms with van der Waals surface area (Å²) in [5.41, 5.74) is 1.20. The van der Waals surface area contributed by atoms with Gasteiger partial charge < -0.3 is 15.3 Å². The highest BCUT2D eigenvalue weighted by atomic mass is 16.3. The van der Waals surface area contributed by atoms with Crippen molar-refractivity contribution in [2.75, 3.05) is 25.1 Å². The van der Waals surface area contributed by atoms with E-state index in [0.717, 1.165) is 12.4 Å². The van der Waals surface area contributed by atoms with Crippen molar-refractivity contribution in [2.45, 2.75) is 25.4 Å². The number of anilines is 1. The van der Waals surface area contributed by atoms with Gasteiger partial charge in [0, 0.05) is 37.9 Å². The normalized spacial score (nSPS) is 15.1. The molecule has 1 aromatic rings. The average Bonchev–Trinajstić information content (AvgIpc) is 3.11. The summed E-state index contributed by atoms with van der Waals surface area (Å²) >= 11 is 0. The standard InChI is InChI=1S/C12H19N3O/c1-15(7-8-16)12-10(3-2-6-13-12)9-14-11-4-5-11/h2-3,6,11,14,16H,4-5,7-9H2,1H3. The zero-order chi connectivity index (χ0) is 11.4. The predicted octanol–water partition coefficient (Wildman–Crippen LogP) is 0.762. The molecule has 1 fully saturated rings. The molecule has 0 atom stereocenters. The minimum atomic E-state index is 0.155. The van der Waals surface area contributed by atoms with Crippen molar-refractivity contribution < 1.29 is 5.11 Å². The molecule has 1 aliphatic carbocycles. The van der Waals surface area contributed by atoms with Gasteiger partial charge in [-0.3, -0.25) is 0 Å². The molecule has 0 spiro atoms. The first kappa shape index (κ1) is 11.4. The zero-order valence-corrected chi connectivity index (χ0v) is 9.69. The molecule has 2 N–H and O–H groups in total. The van der Waals surface area contributed by atoms with Gasteiger partial charge in [0.25, 0.3) is 0 Å². The van der Waals surface area contributed by atoms with Crippen molar-refractivity contribution in [3.8, 4) is 0 Å². The first-order chi connectivity index (χ1) is 7.81. The number of aliphatic hydroxyl groups is 1. The molecule has 1 aliphatic rings. The lowest BCUT2D eigenvalue weighted by atomic mass is 10.2. The summed E-state index contributed by atoms with van der Waals surface area (Å²) in [4.78, 5) is 6.36. The van der Waals surface area contributed by atoms with Gasteiger partial charge in [-0.25, -0.2) is 4.98 Å². The summed E-state index contributed by atoms with van der Waals surface area (Å²) in [5, 5.41) is 12.4. The largest absolute Gasteiger partial charge is 0.395 e. The third kappa shape index (κ3) is 2.93. The van der Waals surface area contributed by atoms with E-state index in [9.17, 15) is 0 Å². The molecular weight excluding hydrogens is 202 g/mol. The second-order valence-corrected chi connectivity index (χ2v) is 4.29. The van der Waals surface area contributed by atoms with Crippen LogP contribution in [-0.4, -0.2) is 36.3 Å². The Hall–Kier alpha value is -1.13. The second-order valence-electron chi connectivity index (χ2n) is 4.29. The number of rotatable bonds is 6. The Morgan fingerprint density at radius 3 is 3.06 bits per heavy atom. The van der Waals surface area contributed by atoms with Gasteiger partial charge in [0.05, 0.1) is 6.61 Å². The van der Waals surface area contributed by atoms with Crippen LogP contribution in [0.25, 0.3) is 0 Å². The van der Waals surface area contributed by atoms with Crippen LogP contribution in [0.2, 0.25) is 0 Å². The Morgan fingerprint density at radius 1 is 1.56 bits per heavy atom. The number of pyridine rings is 1. The van der Waals surface area contributed by atoms with Crippen LogP contribution in [0.15, 0.2) is 18.3 Å². The van der Waals surface area contributed by atoms with E-state index in [4.69, 9.17) is 5.11 Å². The van der Waals surface area contributed by atoms with Crippen LogP contribution in [0.4, 0.5) is 5.82 Å². The molecule has 2 rings (SSSR count). The maximum absolute atomic E-state index is 8.93. The van der Waals surface area contributed by atoms with E-state index in [2.05, 4.69) is 16.4 Å². The van der Waals surface area contributed by atoms with Crippen molar-refractivity contribution in [3.63, 3.8) is 0 Å². The number of nitrogens with zero attached hydrogens (tertiary/aromatic N) is 2. The van der Waals surface area contributed by atoms with Crippen LogP contribution in [0.3, 0.4) is 0 Å². The summed E-state index contributed by atoms with van der Waals surface area (Å²) in [6.45, 7) is 1.64. The highest BCUT2D eigenvalue weighted by molar-refractivity contribution is 5.45. The molecule has 4 heteroatoms. The molecule has 0 aromatic carbocycles. The zero-order valence-electron chi connectivity index (χ0n) is 9.69. The maximum Gasteiger partial charge on any atom is 0.132 e. The molecule has 0 aliphatic heterocycles. The van der Waals surface area contributed by atoms with Gasteiger partial charge in [-0.05, 0) is 18.9 Å². The van der Waals surface area contributed by atoms with Crippen molar-refractivity contribution in [3.05, 3.63) is 23.9 Å². The van der Waals surface area contributed by atoms with E-state index in [1.807, 2.05) is 18.0 Å². The molecule has 88 valence electrons. The topological polar surface area (TPSA) is 48.4 Å². The molecule has 0 unspecified atom stereocenters. The Kier molecular flexibility index (Phi) is 3.74. The van der Waals surface area contributed by atoms with Gasteiger partial charge in [0.1, 0.15) is 5.82 Å². The van der Waals surface area contributed by atoms with Gasteiger partial charge in [0.15, 0.2) is 0 Å². The fraction of sp³-hybridized carbons (Fsp3) is 0.583. The number of likely N-dealkylation sites (N-methyl/N-ethyl adjacent to an activating group) is 1. The monoisotopic (exact) mass is 221 g/mol. The first-order valence-electron chi connectivity index (χ1n) is 5.80. The molecular formula is C12H19N3O. The number of hydrogen-bond donors (Lipinski definition) is 2. The van der Waals surface area contributed by atoms with Gasteiger partial charge in [-0.2, -0.15) is 0 Å². The number of aromatic nitrogens is 1. The van der Waals surface area contributed by atoms with Crippen molar-refractivity contribution in [1.29, 1.82) is 0 Å². The quantitative estimate of drug-likeness (QED) is 0.744. The van der Waals surface area contributed by atoms with E-state index in [1.54, 1.807) is 6.20 Å². The summed E-state index contributed by atoms with van der Waals surface area (Å²) in [6, 6.07) is 4.75. The third-order valence-electron chi connectivity index (χ3n) is 2.82. The third-order valence-corrected chi connectivity index (χ3v) is 2.82. The predicted molar refractivity (Wildman–Crippen MR) is 64.5 cm³/mol. The van der Waals surface area contributed by atoms with Crippen LogP contribution in [0.1, 0.15) is 18.4 Å². The molecule has 1 aromatic heterocycles. The van der Waals surface area contributed by atoms with E-state index in [1.165, 1.54) is 18.4 Å². The van der Waals surface area contributed by atoms with E-state index >= 15 is 0 Å². The summed E-state index contributed by atoms with van der Waals surface area (Å²) in [5.74, 6) is 0.963. The Labute approximate surface area is 96.3 Å². The number of hydrogen-bond acceptors (Lipinski definition) is 4. The number of nitrogens with one attached hydrogen (secondary N) is 1. The second kappa shape index (κ2) is 5.27. The number of aliphatic hydroxyl groups excluding tert-OH is 1. The molecule has 1 saturated carbocycles. The van der Waals surface area contributed by atoms with Crippen LogP contribution in [-0.2, 0) is 6.54 Å². The lowest BCUT2D eigenvalue weighted by Gasteiger charge is -2.20. The molecule has 0 amide bonds. The first-order valence-corrected chi connectivity index (χ1v) is 5.80. The molecule has 4 nitrogen and oxygen atoms in total. The highest BCUT2D eigenvalue weighted by Gasteiger charge is 2.20. The van der Waals surface area contributed by atoms with E-state index in [0.29, 0.717) is 12.6 Å². The Bertz CT molecular complexity index is 339. The highest BCUT2D eigenvalue weighted by Crippen LogP contribution is 2.21. The van der Waals surface area contributed by atoms with E-state index < -0.39 is 0 Å².